The van der Waals surface area contributed by atoms with Crippen molar-refractivity contribution < 1.29 is 28.3 Å². The number of ether oxygens (including phenoxy) is 1. The van der Waals surface area contributed by atoms with Crippen LogP contribution in [0.5, 0.6) is 0 Å². The highest BCUT2D eigenvalue weighted by atomic mass is 35.5. The Hall–Kier alpha value is -3.84. The van der Waals surface area contributed by atoms with E-state index in [1.807, 2.05) is 0 Å². The van der Waals surface area contributed by atoms with E-state index in [1.165, 1.54) is 54.6 Å². The number of ketones is 2. The Bertz CT molecular complexity index is 1240. The van der Waals surface area contributed by atoms with Gasteiger partial charge in [0.15, 0.2) is 5.78 Å². The zero-order valence-electron chi connectivity index (χ0n) is 16.4. The molecule has 2 atom stereocenters. The van der Waals surface area contributed by atoms with Crippen LogP contribution in [0.25, 0.3) is 0 Å². The van der Waals surface area contributed by atoms with Crippen LogP contribution < -0.4 is 5.32 Å². The van der Waals surface area contributed by atoms with Crippen LogP contribution in [0.1, 0.15) is 32.4 Å². The Kier molecular flexibility index (Phi) is 5.83. The minimum Gasteiger partial charge on any atom is -0.453 e. The van der Waals surface area contributed by atoms with Crippen molar-refractivity contribution in [1.82, 2.24) is 0 Å². The molecule has 0 fully saturated rings. The maximum atomic E-state index is 14.4. The molecule has 1 aliphatic heterocycles. The maximum absolute atomic E-state index is 14.4. The van der Waals surface area contributed by atoms with Crippen molar-refractivity contribution in [2.75, 3.05) is 5.32 Å². The number of benzene rings is 3. The van der Waals surface area contributed by atoms with E-state index in [0.29, 0.717) is 5.02 Å². The monoisotopic (exact) mass is 451 g/mol. The van der Waals surface area contributed by atoms with Crippen LogP contribution in [0.4, 0.5) is 10.1 Å². The van der Waals surface area contributed by atoms with Crippen molar-refractivity contribution in [3.8, 4) is 0 Å². The Morgan fingerprint density at radius 3 is 2.31 bits per heavy atom. The van der Waals surface area contributed by atoms with Crippen molar-refractivity contribution in [2.45, 2.75) is 6.10 Å². The third-order valence-corrected chi connectivity index (χ3v) is 5.31. The Balaban J connectivity index is 1.72. The Labute approximate surface area is 187 Å². The van der Waals surface area contributed by atoms with Gasteiger partial charge in [-0.15, -0.1) is 0 Å². The first-order valence-electron chi connectivity index (χ1n) is 9.56. The van der Waals surface area contributed by atoms with Gasteiger partial charge < -0.3 is 10.1 Å². The summed E-state index contributed by atoms with van der Waals surface area (Å²) in [4.78, 5) is 51.5. The van der Waals surface area contributed by atoms with E-state index in [4.69, 9.17) is 16.3 Å². The lowest BCUT2D eigenvalue weighted by molar-refractivity contribution is -0.138. The number of anilines is 1. The van der Waals surface area contributed by atoms with E-state index >= 15 is 0 Å². The first-order chi connectivity index (χ1) is 15.4. The maximum Gasteiger partial charge on any atom is 0.339 e. The average Bonchev–Trinajstić information content (AvgIpc) is 3.12. The van der Waals surface area contributed by atoms with Crippen LogP contribution in [-0.2, 0) is 14.3 Å². The van der Waals surface area contributed by atoms with Gasteiger partial charge in [0, 0.05) is 16.3 Å². The molecule has 8 heteroatoms. The lowest BCUT2D eigenvalue weighted by Gasteiger charge is -2.21. The first-order valence-corrected chi connectivity index (χ1v) is 9.94. The van der Waals surface area contributed by atoms with Crippen molar-refractivity contribution in [3.05, 3.63) is 100 Å². The van der Waals surface area contributed by atoms with Gasteiger partial charge in [0.2, 0.25) is 5.78 Å². The minimum atomic E-state index is -1.77. The van der Waals surface area contributed by atoms with Gasteiger partial charge in [0.25, 0.3) is 5.91 Å². The number of hydrogen-bond acceptors (Lipinski definition) is 5. The largest absolute Gasteiger partial charge is 0.453 e. The molecule has 1 aliphatic rings. The van der Waals surface area contributed by atoms with Crippen molar-refractivity contribution in [1.29, 1.82) is 0 Å². The van der Waals surface area contributed by atoms with Gasteiger partial charge in [-0.3, -0.25) is 14.4 Å². The number of halogens is 2. The van der Waals surface area contributed by atoms with Gasteiger partial charge >= 0.3 is 5.97 Å². The second kappa shape index (κ2) is 8.72. The van der Waals surface area contributed by atoms with Crippen LogP contribution in [0.15, 0.2) is 72.8 Å². The molecule has 0 aliphatic carbocycles. The molecule has 6 nitrogen and oxygen atoms in total. The molecule has 1 N–H and O–H groups in total. The number of nitrogens with one attached hydrogen (secondary N) is 1. The van der Waals surface area contributed by atoms with E-state index in [0.717, 1.165) is 6.07 Å². The van der Waals surface area contributed by atoms with E-state index in [2.05, 4.69) is 5.32 Å². The van der Waals surface area contributed by atoms with E-state index in [9.17, 15) is 23.6 Å². The predicted octanol–water partition coefficient (Wildman–Crippen LogP) is 4.40. The zero-order valence-corrected chi connectivity index (χ0v) is 17.1. The topological polar surface area (TPSA) is 89.5 Å². The first kappa shape index (κ1) is 21.4. The normalized spacial score (nSPS) is 15.4. The molecule has 3 aromatic carbocycles. The SMILES string of the molecule is O=C(Nc1ccc(Cl)cc1)C(=O)[C@H](C(=O)c1ccccc1F)[C@@H]1OC(=O)c2ccccc21. The summed E-state index contributed by atoms with van der Waals surface area (Å²) >= 11 is 5.82. The fourth-order valence-corrected chi connectivity index (χ4v) is 3.64. The molecule has 4 rings (SSSR count). The van der Waals surface area contributed by atoms with E-state index in [-0.39, 0.29) is 22.4 Å². The Morgan fingerprint density at radius 2 is 1.59 bits per heavy atom. The van der Waals surface area contributed by atoms with Gasteiger partial charge in [0.1, 0.15) is 17.8 Å². The molecule has 160 valence electrons. The van der Waals surface area contributed by atoms with E-state index in [1.54, 1.807) is 12.1 Å². The Morgan fingerprint density at radius 1 is 0.938 bits per heavy atom. The predicted molar refractivity (Wildman–Crippen MR) is 114 cm³/mol. The van der Waals surface area contributed by atoms with Crippen LogP contribution >= 0.6 is 11.6 Å². The fraction of sp³-hybridized carbons (Fsp3) is 0.0833. The molecule has 0 unspecified atom stereocenters. The standard InChI is InChI=1S/C24H15ClFNO5/c25-13-9-11-14(12-10-13)27-23(30)21(29)19(20(28)17-7-3-4-8-18(17)26)22-15-5-1-2-6-16(15)24(31)32-22/h1-12,19,22H,(H,27,30)/t19-,22+/m0/s1. The molecule has 1 amide bonds. The van der Waals surface area contributed by atoms with Gasteiger partial charge in [-0.1, -0.05) is 41.9 Å². The van der Waals surface area contributed by atoms with Gasteiger partial charge in [0.05, 0.1) is 11.1 Å². The van der Waals surface area contributed by atoms with Crippen molar-refractivity contribution in [2.24, 2.45) is 5.92 Å². The summed E-state index contributed by atoms with van der Waals surface area (Å²) in [6, 6.07) is 17.3. The smallest absolute Gasteiger partial charge is 0.339 e. The van der Waals surface area contributed by atoms with Gasteiger partial charge in [-0.05, 0) is 42.5 Å². The summed E-state index contributed by atoms with van der Waals surface area (Å²) < 4.78 is 19.7. The van der Waals surface area contributed by atoms with Gasteiger partial charge in [-0.2, -0.15) is 0 Å². The van der Waals surface area contributed by atoms with E-state index < -0.39 is 41.3 Å². The molecule has 0 bridgehead atoms. The summed E-state index contributed by atoms with van der Waals surface area (Å²) in [5.41, 5.74) is 0.341. The highest BCUT2D eigenvalue weighted by molar-refractivity contribution is 6.45. The summed E-state index contributed by atoms with van der Waals surface area (Å²) in [6.07, 6.45) is -1.37. The lowest BCUT2D eigenvalue weighted by atomic mass is 9.84. The van der Waals surface area contributed by atoms with Crippen molar-refractivity contribution in [3.63, 3.8) is 0 Å². The average molecular weight is 452 g/mol. The highest BCUT2D eigenvalue weighted by Crippen LogP contribution is 2.38. The third kappa shape index (κ3) is 4.02. The van der Waals surface area contributed by atoms with Crippen LogP contribution in [0.3, 0.4) is 0 Å². The molecule has 0 saturated heterocycles. The lowest BCUT2D eigenvalue weighted by Crippen LogP contribution is -2.38. The minimum absolute atomic E-state index is 0.176. The molecule has 1 heterocycles. The number of hydrogen-bond donors (Lipinski definition) is 1. The molecular formula is C24H15ClFNO5. The summed E-state index contributed by atoms with van der Waals surface area (Å²) in [5.74, 6) is -6.60. The van der Waals surface area contributed by atoms with Crippen molar-refractivity contribution >= 4 is 40.7 Å². The molecule has 0 radical (unpaired) electrons. The number of fused-ring (bicyclic) bond motifs is 1. The number of carbonyl (C=O) groups is 4. The molecule has 3 aromatic rings. The van der Waals surface area contributed by atoms with Crippen LogP contribution in [0, 0.1) is 11.7 Å². The van der Waals surface area contributed by atoms with Crippen LogP contribution in [-0.4, -0.2) is 23.4 Å². The number of carbonyl (C=O) groups excluding carboxylic acids is 4. The fourth-order valence-electron chi connectivity index (χ4n) is 3.51. The number of Topliss-reactive ketones (excluding diaryl/α,β-unsaturated/α-hetero) is 2. The molecule has 32 heavy (non-hydrogen) atoms. The zero-order chi connectivity index (χ0) is 22.8. The summed E-state index contributed by atoms with van der Waals surface area (Å²) in [7, 11) is 0. The quantitative estimate of drug-likeness (QED) is 0.260. The van der Waals surface area contributed by atoms with Crippen LogP contribution in [0.2, 0.25) is 5.02 Å². The highest BCUT2D eigenvalue weighted by Gasteiger charge is 2.46. The summed E-state index contributed by atoms with van der Waals surface area (Å²) in [6.45, 7) is 0. The number of amides is 1. The third-order valence-electron chi connectivity index (χ3n) is 5.05. The summed E-state index contributed by atoms with van der Waals surface area (Å²) in [5, 5.41) is 2.82. The number of rotatable bonds is 6. The molecule has 0 aromatic heterocycles. The molecular weight excluding hydrogens is 437 g/mol. The molecule has 0 spiro atoms. The second-order valence-corrected chi connectivity index (χ2v) is 7.50. The second-order valence-electron chi connectivity index (χ2n) is 7.06. The number of cyclic esters (lactones) is 1. The van der Waals surface area contributed by atoms with Gasteiger partial charge in [-0.25, -0.2) is 9.18 Å². The molecule has 0 saturated carbocycles. The number of esters is 1.